The summed E-state index contributed by atoms with van der Waals surface area (Å²) >= 11 is 0. The number of aryl methyl sites for hydroxylation is 1. The maximum absolute atomic E-state index is 12.9. The molecule has 2 aromatic carbocycles. The molecule has 0 unspecified atom stereocenters. The number of nitrogens with zero attached hydrogens (tertiary/aromatic N) is 1. The summed E-state index contributed by atoms with van der Waals surface area (Å²) in [4.78, 5) is 31.0. The number of rotatable bonds is 8. The molecule has 0 saturated heterocycles. The van der Waals surface area contributed by atoms with E-state index < -0.39 is 12.1 Å². The lowest BCUT2D eigenvalue weighted by molar-refractivity contribution is -0.135. The number of amides is 2. The fraction of sp³-hybridized carbons (Fsp3) is 0.375. The van der Waals surface area contributed by atoms with Crippen LogP contribution in [0.15, 0.2) is 59.8 Å². The second kappa shape index (κ2) is 10.1. The Bertz CT molecular complexity index is 909. The summed E-state index contributed by atoms with van der Waals surface area (Å²) in [6.45, 7) is 6.62. The van der Waals surface area contributed by atoms with E-state index in [1.807, 2.05) is 75.4 Å². The van der Waals surface area contributed by atoms with Crippen LogP contribution in [0, 0.1) is 12.8 Å². The standard InChI is InChI=1S/C24H29N3O3/c1-16(2)15-25-23(28)21(13-18-10-5-4-6-11-18)26-24(29)22-14-20(27-30-22)19-12-8-7-9-17(19)3/h4-12,16,21-22H,13-15H2,1-3H3,(H,25,28)(H,26,29)/t21-,22+/m0/s1. The van der Waals surface area contributed by atoms with Crippen molar-refractivity contribution >= 4 is 17.5 Å². The Labute approximate surface area is 177 Å². The predicted octanol–water partition coefficient (Wildman–Crippen LogP) is 2.99. The van der Waals surface area contributed by atoms with Crippen LogP contribution in [0.1, 0.15) is 37.0 Å². The van der Waals surface area contributed by atoms with Gasteiger partial charge in [0.15, 0.2) is 0 Å². The van der Waals surface area contributed by atoms with Crippen LogP contribution in [0.3, 0.4) is 0 Å². The van der Waals surface area contributed by atoms with Crippen molar-refractivity contribution in [2.24, 2.45) is 11.1 Å². The lowest BCUT2D eigenvalue weighted by Gasteiger charge is -2.20. The van der Waals surface area contributed by atoms with Gasteiger partial charge in [-0.05, 0) is 24.0 Å². The molecule has 0 fully saturated rings. The van der Waals surface area contributed by atoms with E-state index in [2.05, 4.69) is 15.8 Å². The average molecular weight is 408 g/mol. The molecule has 6 heteroatoms. The average Bonchev–Trinajstić information content (AvgIpc) is 3.22. The predicted molar refractivity (Wildman–Crippen MR) is 117 cm³/mol. The summed E-state index contributed by atoms with van der Waals surface area (Å²) in [5.74, 6) is -0.202. The van der Waals surface area contributed by atoms with Crippen molar-refractivity contribution in [3.63, 3.8) is 0 Å². The largest absolute Gasteiger partial charge is 0.382 e. The number of carbonyl (C=O) groups is 2. The van der Waals surface area contributed by atoms with E-state index in [0.717, 1.165) is 22.4 Å². The van der Waals surface area contributed by atoms with Crippen molar-refractivity contribution in [1.29, 1.82) is 0 Å². The fourth-order valence-corrected chi connectivity index (χ4v) is 3.33. The van der Waals surface area contributed by atoms with Gasteiger partial charge in [0, 0.05) is 24.9 Å². The van der Waals surface area contributed by atoms with E-state index in [-0.39, 0.29) is 11.8 Å². The molecule has 0 radical (unpaired) electrons. The van der Waals surface area contributed by atoms with Crippen molar-refractivity contribution in [2.75, 3.05) is 6.54 Å². The topological polar surface area (TPSA) is 79.8 Å². The summed E-state index contributed by atoms with van der Waals surface area (Å²) in [6.07, 6.45) is 0.0488. The van der Waals surface area contributed by atoms with Crippen LogP contribution in [-0.2, 0) is 20.8 Å². The zero-order chi connectivity index (χ0) is 21.5. The molecule has 0 aromatic heterocycles. The minimum absolute atomic E-state index is 0.195. The van der Waals surface area contributed by atoms with Gasteiger partial charge < -0.3 is 15.5 Å². The van der Waals surface area contributed by atoms with Crippen molar-refractivity contribution in [1.82, 2.24) is 10.6 Å². The van der Waals surface area contributed by atoms with Gasteiger partial charge in [-0.2, -0.15) is 0 Å². The normalized spacial score (nSPS) is 16.5. The Kier molecular flexibility index (Phi) is 7.22. The summed E-state index contributed by atoms with van der Waals surface area (Å²) in [6, 6.07) is 16.8. The molecule has 2 N–H and O–H groups in total. The maximum Gasteiger partial charge on any atom is 0.265 e. The number of hydrogen-bond donors (Lipinski definition) is 2. The van der Waals surface area contributed by atoms with E-state index in [4.69, 9.17) is 4.84 Å². The zero-order valence-corrected chi connectivity index (χ0v) is 17.7. The Morgan fingerprint density at radius 1 is 1.10 bits per heavy atom. The van der Waals surface area contributed by atoms with Crippen LogP contribution in [-0.4, -0.2) is 36.2 Å². The molecule has 0 aliphatic carbocycles. The van der Waals surface area contributed by atoms with Crippen LogP contribution in [0.4, 0.5) is 0 Å². The van der Waals surface area contributed by atoms with Crippen molar-refractivity contribution < 1.29 is 14.4 Å². The highest BCUT2D eigenvalue weighted by atomic mass is 16.6. The molecule has 1 aliphatic rings. The Hall–Kier alpha value is -3.15. The van der Waals surface area contributed by atoms with Gasteiger partial charge in [-0.1, -0.05) is 73.6 Å². The molecule has 6 nitrogen and oxygen atoms in total. The second-order valence-corrected chi connectivity index (χ2v) is 8.04. The minimum Gasteiger partial charge on any atom is -0.382 e. The number of oxime groups is 1. The highest BCUT2D eigenvalue weighted by molar-refractivity contribution is 6.05. The smallest absolute Gasteiger partial charge is 0.265 e. The van der Waals surface area contributed by atoms with Crippen molar-refractivity contribution in [2.45, 2.75) is 45.8 Å². The summed E-state index contributed by atoms with van der Waals surface area (Å²) in [5.41, 5.74) is 3.78. The number of benzene rings is 2. The Morgan fingerprint density at radius 2 is 1.80 bits per heavy atom. The molecular formula is C24H29N3O3. The van der Waals surface area contributed by atoms with E-state index in [9.17, 15) is 9.59 Å². The first-order valence-electron chi connectivity index (χ1n) is 10.3. The lowest BCUT2D eigenvalue weighted by Crippen LogP contribution is -2.51. The van der Waals surface area contributed by atoms with Crippen molar-refractivity contribution in [3.8, 4) is 0 Å². The van der Waals surface area contributed by atoms with Gasteiger partial charge in [0.25, 0.3) is 5.91 Å². The van der Waals surface area contributed by atoms with Gasteiger partial charge in [0.1, 0.15) is 6.04 Å². The summed E-state index contributed by atoms with van der Waals surface area (Å²) in [5, 5.41) is 9.91. The monoisotopic (exact) mass is 407 g/mol. The van der Waals surface area contributed by atoms with E-state index in [0.29, 0.717) is 25.3 Å². The molecule has 0 bridgehead atoms. The molecule has 3 rings (SSSR count). The molecule has 30 heavy (non-hydrogen) atoms. The van der Waals surface area contributed by atoms with Crippen LogP contribution < -0.4 is 10.6 Å². The molecule has 0 saturated carbocycles. The van der Waals surface area contributed by atoms with Crippen LogP contribution in [0.2, 0.25) is 0 Å². The van der Waals surface area contributed by atoms with Crippen molar-refractivity contribution in [3.05, 3.63) is 71.3 Å². The Morgan fingerprint density at radius 3 is 2.50 bits per heavy atom. The SMILES string of the molecule is Cc1ccccc1C1=NO[C@@H](C(=O)N[C@@H](Cc2ccccc2)C(=O)NCC(C)C)C1. The second-order valence-electron chi connectivity index (χ2n) is 8.04. The molecule has 2 amide bonds. The van der Waals surface area contributed by atoms with E-state index in [1.54, 1.807) is 0 Å². The van der Waals surface area contributed by atoms with Crippen LogP contribution >= 0.6 is 0 Å². The molecular weight excluding hydrogens is 378 g/mol. The molecule has 2 atom stereocenters. The third-order valence-corrected chi connectivity index (χ3v) is 5.02. The van der Waals surface area contributed by atoms with Crippen LogP contribution in [0.25, 0.3) is 0 Å². The third-order valence-electron chi connectivity index (χ3n) is 5.02. The quantitative estimate of drug-likeness (QED) is 0.706. The Balaban J connectivity index is 1.65. The maximum atomic E-state index is 12.9. The van der Waals surface area contributed by atoms with Gasteiger partial charge in [-0.3, -0.25) is 9.59 Å². The molecule has 1 aliphatic heterocycles. The third kappa shape index (κ3) is 5.69. The number of carbonyl (C=O) groups excluding carboxylic acids is 2. The first-order valence-corrected chi connectivity index (χ1v) is 10.3. The highest BCUT2D eigenvalue weighted by Crippen LogP contribution is 2.19. The molecule has 2 aromatic rings. The van der Waals surface area contributed by atoms with Gasteiger partial charge >= 0.3 is 0 Å². The van der Waals surface area contributed by atoms with Crippen LogP contribution in [0.5, 0.6) is 0 Å². The lowest BCUT2D eigenvalue weighted by atomic mass is 9.99. The fourth-order valence-electron chi connectivity index (χ4n) is 3.33. The van der Waals surface area contributed by atoms with Gasteiger partial charge in [-0.25, -0.2) is 0 Å². The molecule has 0 spiro atoms. The van der Waals surface area contributed by atoms with E-state index in [1.165, 1.54) is 0 Å². The molecule has 158 valence electrons. The first-order chi connectivity index (χ1) is 14.4. The summed E-state index contributed by atoms with van der Waals surface area (Å²) in [7, 11) is 0. The van der Waals surface area contributed by atoms with Gasteiger partial charge in [0.2, 0.25) is 12.0 Å². The number of hydrogen-bond acceptors (Lipinski definition) is 4. The summed E-state index contributed by atoms with van der Waals surface area (Å²) < 4.78 is 0. The van der Waals surface area contributed by atoms with E-state index >= 15 is 0 Å². The van der Waals surface area contributed by atoms with Gasteiger partial charge in [0.05, 0.1) is 5.71 Å². The zero-order valence-electron chi connectivity index (χ0n) is 17.7. The minimum atomic E-state index is -0.740. The number of nitrogens with one attached hydrogen (secondary N) is 2. The molecule has 1 heterocycles. The highest BCUT2D eigenvalue weighted by Gasteiger charge is 2.32. The first kappa shape index (κ1) is 21.6. The van der Waals surface area contributed by atoms with Gasteiger partial charge in [-0.15, -0.1) is 0 Å².